The van der Waals surface area contributed by atoms with E-state index in [0.717, 1.165) is 18.1 Å². The normalized spacial score (nSPS) is 21.4. The molecule has 0 spiro atoms. The monoisotopic (exact) mass is 274 g/mol. The van der Waals surface area contributed by atoms with Crippen LogP contribution in [0.25, 0.3) is 0 Å². The number of aryl methyl sites for hydroxylation is 1. The molecule has 0 radical (unpaired) electrons. The lowest BCUT2D eigenvalue weighted by Crippen LogP contribution is -2.38. The zero-order chi connectivity index (χ0) is 13.9. The van der Waals surface area contributed by atoms with Gasteiger partial charge in [0.15, 0.2) is 0 Å². The third kappa shape index (κ3) is 2.64. The Morgan fingerprint density at radius 3 is 3.00 bits per heavy atom. The summed E-state index contributed by atoms with van der Waals surface area (Å²) in [5.74, 6) is 1.90. The Kier molecular flexibility index (Phi) is 3.89. The summed E-state index contributed by atoms with van der Waals surface area (Å²) >= 11 is 0. The van der Waals surface area contributed by atoms with E-state index in [1.807, 2.05) is 36.1 Å². The number of likely N-dealkylation sites (N-methyl/N-ethyl adjacent to an activating group) is 1. The molecule has 3 heterocycles. The zero-order valence-corrected chi connectivity index (χ0v) is 12.1. The fraction of sp³-hybridized carbons (Fsp3) is 0.533. The van der Waals surface area contributed by atoms with Crippen LogP contribution < -0.4 is 5.32 Å². The first-order chi connectivity index (χ1) is 9.75. The zero-order valence-electron chi connectivity index (χ0n) is 12.1. The van der Waals surface area contributed by atoms with Gasteiger partial charge in [0.05, 0.1) is 6.26 Å². The van der Waals surface area contributed by atoms with Crippen molar-refractivity contribution < 1.29 is 4.42 Å². The molecule has 1 fully saturated rings. The molecule has 1 saturated heterocycles. The summed E-state index contributed by atoms with van der Waals surface area (Å²) in [6.45, 7) is 2.15. The maximum atomic E-state index is 5.59. The fourth-order valence-corrected chi connectivity index (χ4v) is 2.92. The second kappa shape index (κ2) is 5.81. The number of nitrogens with zero attached hydrogens (tertiary/aromatic N) is 3. The fourth-order valence-electron chi connectivity index (χ4n) is 2.92. The number of likely N-dealkylation sites (tertiary alicyclic amines) is 1. The van der Waals surface area contributed by atoms with Crippen LogP contribution in [0.4, 0.5) is 0 Å². The SMILES string of the molecule is CN1CCCC1CNC(c1ccco1)c1nccn1C. The number of imidazole rings is 1. The molecular weight excluding hydrogens is 252 g/mol. The minimum Gasteiger partial charge on any atom is -0.467 e. The lowest BCUT2D eigenvalue weighted by molar-refractivity contribution is 0.288. The van der Waals surface area contributed by atoms with Crippen molar-refractivity contribution in [1.82, 2.24) is 19.8 Å². The third-order valence-electron chi connectivity index (χ3n) is 4.17. The summed E-state index contributed by atoms with van der Waals surface area (Å²) in [5.41, 5.74) is 0. The molecule has 5 heteroatoms. The number of hydrogen-bond donors (Lipinski definition) is 1. The number of nitrogens with one attached hydrogen (secondary N) is 1. The van der Waals surface area contributed by atoms with Crippen molar-refractivity contribution in [3.8, 4) is 0 Å². The Balaban J connectivity index is 1.75. The largest absolute Gasteiger partial charge is 0.467 e. The number of rotatable bonds is 5. The van der Waals surface area contributed by atoms with E-state index in [1.165, 1.54) is 19.4 Å². The minimum atomic E-state index is 0.0130. The van der Waals surface area contributed by atoms with Crippen LogP contribution in [0.1, 0.15) is 30.5 Å². The van der Waals surface area contributed by atoms with Gasteiger partial charge < -0.3 is 13.9 Å². The summed E-state index contributed by atoms with van der Waals surface area (Å²) in [4.78, 5) is 6.88. The standard InChI is InChI=1S/C15H22N4O/c1-18-8-3-5-12(18)11-17-14(13-6-4-10-20-13)15-16-7-9-19(15)2/h4,6-7,9-10,12,14,17H,3,5,8,11H2,1-2H3. The van der Waals surface area contributed by atoms with Crippen molar-refractivity contribution in [2.24, 2.45) is 7.05 Å². The highest BCUT2D eigenvalue weighted by Gasteiger charge is 2.25. The molecule has 0 bridgehead atoms. The first-order valence-corrected chi connectivity index (χ1v) is 7.20. The van der Waals surface area contributed by atoms with Gasteiger partial charge in [-0.05, 0) is 38.6 Å². The Hall–Kier alpha value is -1.59. The number of aromatic nitrogens is 2. The molecule has 20 heavy (non-hydrogen) atoms. The van der Waals surface area contributed by atoms with Crippen molar-refractivity contribution in [3.63, 3.8) is 0 Å². The van der Waals surface area contributed by atoms with Gasteiger partial charge >= 0.3 is 0 Å². The molecule has 2 unspecified atom stereocenters. The van der Waals surface area contributed by atoms with Crippen molar-refractivity contribution in [3.05, 3.63) is 42.4 Å². The summed E-state index contributed by atoms with van der Waals surface area (Å²) < 4.78 is 7.63. The van der Waals surface area contributed by atoms with Crippen molar-refractivity contribution in [2.45, 2.75) is 24.9 Å². The van der Waals surface area contributed by atoms with E-state index in [0.29, 0.717) is 6.04 Å². The Bertz CT molecular complexity index is 534. The summed E-state index contributed by atoms with van der Waals surface area (Å²) in [6.07, 6.45) is 8.06. The number of furan rings is 1. The Morgan fingerprint density at radius 2 is 2.40 bits per heavy atom. The molecule has 2 aromatic rings. The van der Waals surface area contributed by atoms with Crippen LogP contribution in [-0.4, -0.2) is 40.6 Å². The van der Waals surface area contributed by atoms with Crippen molar-refractivity contribution in [1.29, 1.82) is 0 Å². The van der Waals surface area contributed by atoms with E-state index in [1.54, 1.807) is 6.26 Å². The molecule has 1 aliphatic rings. The van der Waals surface area contributed by atoms with Gasteiger partial charge in [-0.1, -0.05) is 0 Å². The molecule has 0 saturated carbocycles. The average Bonchev–Trinajstić information content (AvgIpc) is 3.15. The van der Waals surface area contributed by atoms with Gasteiger partial charge in [-0.2, -0.15) is 0 Å². The van der Waals surface area contributed by atoms with E-state index in [9.17, 15) is 0 Å². The molecule has 1 aliphatic heterocycles. The maximum absolute atomic E-state index is 5.59. The van der Waals surface area contributed by atoms with Crippen molar-refractivity contribution >= 4 is 0 Å². The molecule has 3 rings (SSSR count). The molecule has 5 nitrogen and oxygen atoms in total. The van der Waals surface area contributed by atoms with E-state index in [-0.39, 0.29) is 6.04 Å². The van der Waals surface area contributed by atoms with Gasteiger partial charge in [0.1, 0.15) is 17.6 Å². The topological polar surface area (TPSA) is 46.2 Å². The van der Waals surface area contributed by atoms with Crippen LogP contribution in [-0.2, 0) is 7.05 Å². The molecule has 0 amide bonds. The quantitative estimate of drug-likeness (QED) is 0.903. The van der Waals surface area contributed by atoms with Crippen LogP contribution in [0, 0.1) is 0 Å². The predicted molar refractivity (Wildman–Crippen MR) is 77.4 cm³/mol. The minimum absolute atomic E-state index is 0.0130. The van der Waals surface area contributed by atoms with E-state index >= 15 is 0 Å². The van der Waals surface area contributed by atoms with E-state index < -0.39 is 0 Å². The molecule has 0 aliphatic carbocycles. The Labute approximate surface area is 119 Å². The highest BCUT2D eigenvalue weighted by Crippen LogP contribution is 2.22. The summed E-state index contributed by atoms with van der Waals surface area (Å²) in [7, 11) is 4.21. The second-order valence-corrected chi connectivity index (χ2v) is 5.53. The van der Waals surface area contributed by atoms with E-state index in [2.05, 4.69) is 22.2 Å². The van der Waals surface area contributed by atoms with Gasteiger partial charge in [0, 0.05) is 32.0 Å². The van der Waals surface area contributed by atoms with E-state index in [4.69, 9.17) is 4.42 Å². The van der Waals surface area contributed by atoms with Gasteiger partial charge in [-0.15, -0.1) is 0 Å². The highest BCUT2D eigenvalue weighted by atomic mass is 16.3. The predicted octanol–water partition coefficient (Wildman–Crippen LogP) is 1.79. The average molecular weight is 274 g/mol. The second-order valence-electron chi connectivity index (χ2n) is 5.53. The van der Waals surface area contributed by atoms with Gasteiger partial charge in [0.2, 0.25) is 0 Å². The third-order valence-corrected chi connectivity index (χ3v) is 4.17. The lowest BCUT2D eigenvalue weighted by Gasteiger charge is -2.23. The lowest BCUT2D eigenvalue weighted by atomic mass is 10.1. The van der Waals surface area contributed by atoms with Gasteiger partial charge in [0.25, 0.3) is 0 Å². The van der Waals surface area contributed by atoms with Crippen molar-refractivity contribution in [2.75, 3.05) is 20.1 Å². The number of hydrogen-bond acceptors (Lipinski definition) is 4. The first kappa shape index (κ1) is 13.4. The van der Waals surface area contributed by atoms with Gasteiger partial charge in [-0.3, -0.25) is 5.32 Å². The molecule has 1 N–H and O–H groups in total. The molecule has 108 valence electrons. The van der Waals surface area contributed by atoms with Crippen LogP contribution in [0.3, 0.4) is 0 Å². The highest BCUT2D eigenvalue weighted by molar-refractivity contribution is 5.15. The molecule has 0 aromatic carbocycles. The summed E-state index contributed by atoms with van der Waals surface area (Å²) in [5, 5.41) is 3.62. The van der Waals surface area contributed by atoms with Crippen LogP contribution in [0.2, 0.25) is 0 Å². The molecule has 2 aromatic heterocycles. The maximum Gasteiger partial charge on any atom is 0.133 e. The summed E-state index contributed by atoms with van der Waals surface area (Å²) in [6, 6.07) is 4.55. The van der Waals surface area contributed by atoms with Crippen LogP contribution >= 0.6 is 0 Å². The Morgan fingerprint density at radius 1 is 1.50 bits per heavy atom. The first-order valence-electron chi connectivity index (χ1n) is 7.20. The van der Waals surface area contributed by atoms with Crippen LogP contribution in [0.5, 0.6) is 0 Å². The molecule has 2 atom stereocenters. The smallest absolute Gasteiger partial charge is 0.133 e. The molecular formula is C15H22N4O. The van der Waals surface area contributed by atoms with Crippen LogP contribution in [0.15, 0.2) is 35.2 Å². The van der Waals surface area contributed by atoms with Gasteiger partial charge in [-0.25, -0.2) is 4.98 Å².